The first-order chi connectivity index (χ1) is 7.98. The molecule has 1 aliphatic heterocycles. The minimum absolute atomic E-state index is 0.0268. The van der Waals surface area contributed by atoms with Gasteiger partial charge in [0.1, 0.15) is 0 Å². The molecule has 0 saturated carbocycles. The molecule has 0 N–H and O–H groups in total. The van der Waals surface area contributed by atoms with Gasteiger partial charge in [-0.1, -0.05) is 18.2 Å². The fourth-order valence-electron chi connectivity index (χ4n) is 2.31. The Bertz CT molecular complexity index is 473. The number of para-hydroxylation sites is 1. The highest BCUT2D eigenvalue weighted by Gasteiger charge is 2.29. The van der Waals surface area contributed by atoms with Gasteiger partial charge in [-0.3, -0.25) is 0 Å². The number of piperazine rings is 1. The van der Waals surface area contributed by atoms with Crippen molar-refractivity contribution in [1.82, 2.24) is 4.31 Å². The zero-order chi connectivity index (χ0) is 12.5. The predicted molar refractivity (Wildman–Crippen MR) is 69.7 cm³/mol. The van der Waals surface area contributed by atoms with Crippen molar-refractivity contribution in [2.75, 3.05) is 30.8 Å². The predicted octanol–water partition coefficient (Wildman–Crippen LogP) is 1.16. The number of sulfonamides is 1. The van der Waals surface area contributed by atoms with Crippen LogP contribution in [-0.4, -0.2) is 44.7 Å². The normalized spacial score (nSPS) is 22.7. The Morgan fingerprint density at radius 1 is 1.18 bits per heavy atom. The molecule has 94 valence electrons. The van der Waals surface area contributed by atoms with Crippen molar-refractivity contribution in [3.05, 3.63) is 30.3 Å². The SMILES string of the molecule is CC1CN(c2ccccc2)CCN1S(C)(=O)=O. The Kier molecular flexibility index (Phi) is 3.40. The van der Waals surface area contributed by atoms with Crippen molar-refractivity contribution < 1.29 is 8.42 Å². The molecule has 1 aliphatic rings. The van der Waals surface area contributed by atoms with Crippen molar-refractivity contribution in [1.29, 1.82) is 0 Å². The lowest BCUT2D eigenvalue weighted by atomic mass is 10.2. The first kappa shape index (κ1) is 12.4. The summed E-state index contributed by atoms with van der Waals surface area (Å²) in [5.74, 6) is 0. The lowest BCUT2D eigenvalue weighted by Crippen LogP contribution is -2.53. The highest BCUT2D eigenvalue weighted by molar-refractivity contribution is 7.88. The van der Waals surface area contributed by atoms with Crippen LogP contribution in [0.15, 0.2) is 30.3 Å². The van der Waals surface area contributed by atoms with Crippen LogP contribution in [0.1, 0.15) is 6.92 Å². The van der Waals surface area contributed by atoms with E-state index < -0.39 is 10.0 Å². The number of hydrogen-bond acceptors (Lipinski definition) is 3. The topological polar surface area (TPSA) is 40.6 Å². The monoisotopic (exact) mass is 254 g/mol. The third-order valence-electron chi connectivity index (χ3n) is 3.11. The van der Waals surface area contributed by atoms with E-state index in [4.69, 9.17) is 0 Å². The fourth-order valence-corrected chi connectivity index (χ4v) is 3.44. The fraction of sp³-hybridized carbons (Fsp3) is 0.500. The van der Waals surface area contributed by atoms with E-state index in [9.17, 15) is 8.42 Å². The molecule has 0 aliphatic carbocycles. The Morgan fingerprint density at radius 3 is 2.35 bits per heavy atom. The van der Waals surface area contributed by atoms with Crippen molar-refractivity contribution in [2.45, 2.75) is 13.0 Å². The average Bonchev–Trinajstić information content (AvgIpc) is 2.28. The number of nitrogens with zero attached hydrogens (tertiary/aromatic N) is 2. The first-order valence-corrected chi connectivity index (χ1v) is 7.60. The Hall–Kier alpha value is -1.07. The minimum atomic E-state index is -3.07. The molecule has 1 saturated heterocycles. The van der Waals surface area contributed by atoms with Crippen LogP contribution in [0, 0.1) is 0 Å². The number of hydrogen-bond donors (Lipinski definition) is 0. The lowest BCUT2D eigenvalue weighted by molar-refractivity contribution is 0.309. The quantitative estimate of drug-likeness (QED) is 0.795. The molecule has 4 nitrogen and oxygen atoms in total. The smallest absolute Gasteiger partial charge is 0.211 e. The maximum absolute atomic E-state index is 11.5. The zero-order valence-electron chi connectivity index (χ0n) is 10.2. The molecule has 0 spiro atoms. The van der Waals surface area contributed by atoms with Crippen LogP contribution in [0.2, 0.25) is 0 Å². The molecular weight excluding hydrogens is 236 g/mol. The molecular formula is C12H18N2O2S. The maximum atomic E-state index is 11.5. The van der Waals surface area contributed by atoms with Crippen LogP contribution in [0.3, 0.4) is 0 Å². The van der Waals surface area contributed by atoms with Crippen LogP contribution in [0.4, 0.5) is 5.69 Å². The summed E-state index contributed by atoms with van der Waals surface area (Å²) in [4.78, 5) is 2.23. The third kappa shape index (κ3) is 2.79. The molecule has 1 heterocycles. The summed E-state index contributed by atoms with van der Waals surface area (Å²) < 4.78 is 24.7. The molecule has 0 bridgehead atoms. The van der Waals surface area contributed by atoms with Gasteiger partial charge in [0, 0.05) is 31.4 Å². The van der Waals surface area contributed by atoms with E-state index in [0.29, 0.717) is 6.54 Å². The summed E-state index contributed by atoms with van der Waals surface area (Å²) >= 11 is 0. The van der Waals surface area contributed by atoms with E-state index in [0.717, 1.165) is 18.8 Å². The van der Waals surface area contributed by atoms with Crippen molar-refractivity contribution in [2.24, 2.45) is 0 Å². The summed E-state index contributed by atoms with van der Waals surface area (Å²) in [5.41, 5.74) is 1.16. The van der Waals surface area contributed by atoms with Crippen LogP contribution in [-0.2, 0) is 10.0 Å². The second kappa shape index (κ2) is 4.66. The van der Waals surface area contributed by atoms with E-state index in [1.165, 1.54) is 6.26 Å². The van der Waals surface area contributed by atoms with Gasteiger partial charge in [-0.15, -0.1) is 0 Å². The van der Waals surface area contributed by atoms with Gasteiger partial charge in [0.25, 0.3) is 0 Å². The van der Waals surface area contributed by atoms with Gasteiger partial charge in [-0.2, -0.15) is 4.31 Å². The zero-order valence-corrected chi connectivity index (χ0v) is 11.0. The Labute approximate surface area is 103 Å². The van der Waals surface area contributed by atoms with E-state index in [-0.39, 0.29) is 6.04 Å². The van der Waals surface area contributed by atoms with Gasteiger partial charge < -0.3 is 4.90 Å². The summed E-state index contributed by atoms with van der Waals surface area (Å²) in [6.07, 6.45) is 1.28. The van der Waals surface area contributed by atoms with Gasteiger partial charge >= 0.3 is 0 Å². The molecule has 17 heavy (non-hydrogen) atoms. The number of benzene rings is 1. The van der Waals surface area contributed by atoms with E-state index >= 15 is 0 Å². The molecule has 0 amide bonds. The van der Waals surface area contributed by atoms with Gasteiger partial charge in [0.15, 0.2) is 0 Å². The van der Waals surface area contributed by atoms with Crippen LogP contribution in [0.25, 0.3) is 0 Å². The molecule has 1 aromatic rings. The standard InChI is InChI=1S/C12H18N2O2S/c1-11-10-13(12-6-4-3-5-7-12)8-9-14(11)17(2,15)16/h3-7,11H,8-10H2,1-2H3. The van der Waals surface area contributed by atoms with Crippen LogP contribution < -0.4 is 4.90 Å². The summed E-state index contributed by atoms with van der Waals surface area (Å²) in [5, 5.41) is 0. The third-order valence-corrected chi connectivity index (χ3v) is 4.51. The Balaban J connectivity index is 2.10. The summed E-state index contributed by atoms with van der Waals surface area (Å²) in [6, 6.07) is 10.1. The largest absolute Gasteiger partial charge is 0.369 e. The second-order valence-electron chi connectivity index (χ2n) is 4.50. The van der Waals surface area contributed by atoms with Crippen molar-refractivity contribution >= 4 is 15.7 Å². The van der Waals surface area contributed by atoms with E-state index in [2.05, 4.69) is 17.0 Å². The highest BCUT2D eigenvalue weighted by atomic mass is 32.2. The molecule has 1 atom stereocenters. The molecule has 0 radical (unpaired) electrons. The van der Waals surface area contributed by atoms with E-state index in [1.54, 1.807) is 4.31 Å². The van der Waals surface area contributed by atoms with Gasteiger partial charge in [0.2, 0.25) is 10.0 Å². The minimum Gasteiger partial charge on any atom is -0.369 e. The van der Waals surface area contributed by atoms with Crippen LogP contribution >= 0.6 is 0 Å². The van der Waals surface area contributed by atoms with Gasteiger partial charge in [-0.25, -0.2) is 8.42 Å². The summed E-state index contributed by atoms with van der Waals surface area (Å²) in [7, 11) is -3.07. The average molecular weight is 254 g/mol. The van der Waals surface area contributed by atoms with Gasteiger partial charge in [0.05, 0.1) is 6.26 Å². The molecule has 1 unspecified atom stereocenters. The van der Waals surface area contributed by atoms with Gasteiger partial charge in [-0.05, 0) is 19.1 Å². The second-order valence-corrected chi connectivity index (χ2v) is 6.44. The van der Waals surface area contributed by atoms with E-state index in [1.807, 2.05) is 25.1 Å². The van der Waals surface area contributed by atoms with Crippen molar-refractivity contribution in [3.63, 3.8) is 0 Å². The number of anilines is 1. The Morgan fingerprint density at radius 2 is 1.82 bits per heavy atom. The maximum Gasteiger partial charge on any atom is 0.211 e. The molecule has 0 aromatic heterocycles. The summed E-state index contributed by atoms with van der Waals surface area (Å²) in [6.45, 7) is 4.02. The van der Waals surface area contributed by atoms with Crippen molar-refractivity contribution in [3.8, 4) is 0 Å². The molecule has 1 aromatic carbocycles. The number of rotatable bonds is 2. The molecule has 2 rings (SSSR count). The molecule has 1 fully saturated rings. The van der Waals surface area contributed by atoms with Crippen LogP contribution in [0.5, 0.6) is 0 Å². The first-order valence-electron chi connectivity index (χ1n) is 5.75. The lowest BCUT2D eigenvalue weighted by Gasteiger charge is -2.39. The molecule has 5 heteroatoms. The highest BCUT2D eigenvalue weighted by Crippen LogP contribution is 2.19.